The quantitative estimate of drug-likeness (QED) is 0.208. The Morgan fingerprint density at radius 3 is 1.45 bits per heavy atom. The standard InChI is InChI=1S/C2H3N.CH5N3.CH2O3/c1-2-3;2*2-1(3)4/h3H,1H2;(H5,2,3,4);(H2,2,3,4). The van der Waals surface area contributed by atoms with E-state index in [9.17, 15) is 0 Å². The Morgan fingerprint density at radius 1 is 1.45 bits per heavy atom. The molecule has 0 fully saturated rings. The molecule has 11 heavy (non-hydrogen) atoms. The van der Waals surface area contributed by atoms with Gasteiger partial charge in [0.15, 0.2) is 5.96 Å². The molecule has 0 aromatic carbocycles. The van der Waals surface area contributed by atoms with Crippen molar-refractivity contribution in [3.8, 4) is 0 Å². The van der Waals surface area contributed by atoms with E-state index >= 15 is 0 Å². The summed E-state index contributed by atoms with van der Waals surface area (Å²) in [6.45, 7) is 2.90. The van der Waals surface area contributed by atoms with Crippen molar-refractivity contribution in [2.24, 2.45) is 11.5 Å². The molecular weight excluding hydrogens is 152 g/mol. The molecule has 0 amide bonds. The Balaban J connectivity index is -0.0000000886. The van der Waals surface area contributed by atoms with Crippen molar-refractivity contribution < 1.29 is 15.0 Å². The first-order chi connectivity index (χ1) is 4.88. The fourth-order valence-electron chi connectivity index (χ4n) is 0. The van der Waals surface area contributed by atoms with Crippen LogP contribution < -0.4 is 11.5 Å². The summed E-state index contributed by atoms with van der Waals surface area (Å²) in [5.41, 5.74) is 8.94. The van der Waals surface area contributed by atoms with Crippen molar-refractivity contribution in [3.63, 3.8) is 0 Å². The molecule has 0 aromatic rings. The van der Waals surface area contributed by atoms with Gasteiger partial charge in [0.25, 0.3) is 0 Å². The second-order valence-corrected chi connectivity index (χ2v) is 0.915. The van der Waals surface area contributed by atoms with Gasteiger partial charge in [0.2, 0.25) is 0 Å². The van der Waals surface area contributed by atoms with E-state index < -0.39 is 6.16 Å². The van der Waals surface area contributed by atoms with Gasteiger partial charge < -0.3 is 21.7 Å². The minimum absolute atomic E-state index is 0.333. The van der Waals surface area contributed by atoms with Crippen LogP contribution >= 0.6 is 0 Å². The van der Waals surface area contributed by atoms with Gasteiger partial charge in [0, 0.05) is 0 Å². The Labute approximate surface area is 63.0 Å². The maximum absolute atomic E-state index is 8.56. The molecule has 0 aliphatic heterocycles. The average molecular weight is 162 g/mol. The molecule has 0 spiro atoms. The van der Waals surface area contributed by atoms with Crippen molar-refractivity contribution in [2.45, 2.75) is 0 Å². The summed E-state index contributed by atoms with van der Waals surface area (Å²) >= 11 is 0. The Kier molecular flexibility index (Phi) is 22.8. The van der Waals surface area contributed by atoms with Crippen LogP contribution in [0.2, 0.25) is 0 Å². The molecule has 0 bridgehead atoms. The lowest BCUT2D eigenvalue weighted by atomic mass is 11.1. The average Bonchev–Trinajstić information content (AvgIpc) is 1.60. The van der Waals surface area contributed by atoms with Crippen LogP contribution in [0.3, 0.4) is 0 Å². The predicted octanol–water partition coefficient (Wildman–Crippen LogP) is -0.518. The van der Waals surface area contributed by atoms with Crippen LogP contribution in [0.5, 0.6) is 0 Å². The van der Waals surface area contributed by atoms with E-state index in [0.29, 0.717) is 0 Å². The number of guanidine groups is 1. The summed E-state index contributed by atoms with van der Waals surface area (Å²) in [5.74, 6) is 1.42. The highest BCUT2D eigenvalue weighted by molar-refractivity contribution is 5.71. The molecule has 0 atom stereocenters. The molecular formula is C4H10N4O3. The maximum Gasteiger partial charge on any atom is 0.503 e. The highest BCUT2D eigenvalue weighted by Gasteiger charge is 1.70. The fourth-order valence-corrected chi connectivity index (χ4v) is 0. The van der Waals surface area contributed by atoms with Crippen molar-refractivity contribution in [1.29, 1.82) is 10.8 Å². The monoisotopic (exact) mass is 162 g/mol. The van der Waals surface area contributed by atoms with Gasteiger partial charge in [-0.05, 0) is 12.4 Å². The molecule has 8 N–H and O–H groups in total. The van der Waals surface area contributed by atoms with Gasteiger partial charge in [-0.3, -0.25) is 10.8 Å². The molecule has 0 aliphatic rings. The minimum Gasteiger partial charge on any atom is -0.450 e. The van der Waals surface area contributed by atoms with E-state index in [2.05, 4.69) is 18.0 Å². The summed E-state index contributed by atoms with van der Waals surface area (Å²) in [6.07, 6.45) is -1.83. The van der Waals surface area contributed by atoms with Gasteiger partial charge in [0.1, 0.15) is 0 Å². The Bertz CT molecular complexity index is 129. The molecule has 7 heteroatoms. The fraction of sp³-hybridized carbons (Fsp3) is 0. The zero-order chi connectivity index (χ0) is 9.86. The van der Waals surface area contributed by atoms with Crippen molar-refractivity contribution in [1.82, 2.24) is 0 Å². The lowest BCUT2D eigenvalue weighted by Crippen LogP contribution is -2.20. The minimum atomic E-state index is -1.83. The highest BCUT2D eigenvalue weighted by Crippen LogP contribution is 1.42. The van der Waals surface area contributed by atoms with E-state index in [1.807, 2.05) is 0 Å². The molecule has 0 radical (unpaired) electrons. The lowest BCUT2D eigenvalue weighted by Gasteiger charge is -1.69. The topological polar surface area (TPSA) is 157 Å². The first-order valence-corrected chi connectivity index (χ1v) is 2.08. The molecule has 0 saturated heterocycles. The second kappa shape index (κ2) is 15.7. The molecule has 0 aliphatic carbocycles. The Morgan fingerprint density at radius 2 is 1.45 bits per heavy atom. The smallest absolute Gasteiger partial charge is 0.450 e. The van der Waals surface area contributed by atoms with E-state index in [4.69, 9.17) is 25.8 Å². The number of hydrogen-bond donors (Lipinski definition) is 6. The number of carbonyl (C=O) groups is 1. The van der Waals surface area contributed by atoms with Crippen LogP contribution in [0.15, 0.2) is 6.58 Å². The molecule has 7 nitrogen and oxygen atoms in total. The third kappa shape index (κ3) is 71.0. The van der Waals surface area contributed by atoms with Crippen LogP contribution in [0, 0.1) is 10.8 Å². The lowest BCUT2D eigenvalue weighted by molar-refractivity contribution is 0.137. The molecule has 0 heterocycles. The first kappa shape index (κ1) is 16.0. The van der Waals surface area contributed by atoms with Crippen LogP contribution in [0.25, 0.3) is 0 Å². The molecule has 0 aromatic heterocycles. The molecule has 64 valence electrons. The third-order valence-corrected chi connectivity index (χ3v) is 0. The Hall–Kier alpha value is -2.01. The van der Waals surface area contributed by atoms with Gasteiger partial charge in [-0.1, -0.05) is 0 Å². The van der Waals surface area contributed by atoms with Gasteiger partial charge >= 0.3 is 6.16 Å². The van der Waals surface area contributed by atoms with Crippen LogP contribution in [0.1, 0.15) is 0 Å². The SMILES string of the molecule is C=C=N.N=C(N)N.O=C(O)O. The zero-order valence-electron chi connectivity index (χ0n) is 5.66. The number of hydrogen-bond acceptors (Lipinski definition) is 3. The number of rotatable bonds is 0. The normalized spacial score (nSPS) is 5.09. The predicted molar refractivity (Wildman–Crippen MR) is 40.1 cm³/mol. The van der Waals surface area contributed by atoms with Gasteiger partial charge in [-0.2, -0.15) is 0 Å². The van der Waals surface area contributed by atoms with Crippen molar-refractivity contribution in [2.75, 3.05) is 0 Å². The van der Waals surface area contributed by atoms with Crippen LogP contribution in [0.4, 0.5) is 4.79 Å². The first-order valence-electron chi connectivity index (χ1n) is 2.08. The summed E-state index contributed by atoms with van der Waals surface area (Å²) < 4.78 is 0. The van der Waals surface area contributed by atoms with E-state index in [1.54, 1.807) is 5.87 Å². The summed E-state index contributed by atoms with van der Waals surface area (Å²) in [5, 5.41) is 25.8. The zero-order valence-corrected chi connectivity index (χ0v) is 5.66. The number of nitrogens with two attached hydrogens (primary N) is 2. The van der Waals surface area contributed by atoms with Crippen LogP contribution in [-0.4, -0.2) is 28.2 Å². The second-order valence-electron chi connectivity index (χ2n) is 0.915. The van der Waals surface area contributed by atoms with E-state index in [1.165, 1.54) is 0 Å². The number of nitrogens with one attached hydrogen (secondary N) is 2. The maximum atomic E-state index is 8.56. The number of carboxylic acid groups (broad SMARTS) is 2. The van der Waals surface area contributed by atoms with Crippen molar-refractivity contribution in [3.05, 3.63) is 6.58 Å². The molecule has 0 rings (SSSR count). The largest absolute Gasteiger partial charge is 0.503 e. The summed E-state index contributed by atoms with van der Waals surface area (Å²) in [4.78, 5) is 8.56. The molecule has 0 saturated carbocycles. The van der Waals surface area contributed by atoms with Gasteiger partial charge in [-0.15, -0.1) is 0 Å². The van der Waals surface area contributed by atoms with Gasteiger partial charge in [-0.25, -0.2) is 4.79 Å². The summed E-state index contributed by atoms with van der Waals surface area (Å²) in [6, 6.07) is 0. The highest BCUT2D eigenvalue weighted by atomic mass is 16.6. The van der Waals surface area contributed by atoms with Crippen molar-refractivity contribution >= 4 is 18.0 Å². The van der Waals surface area contributed by atoms with Gasteiger partial charge in [0.05, 0.1) is 0 Å². The van der Waals surface area contributed by atoms with E-state index in [0.717, 1.165) is 0 Å². The molecule has 0 unspecified atom stereocenters. The third-order valence-electron chi connectivity index (χ3n) is 0. The van der Waals surface area contributed by atoms with Crippen LogP contribution in [-0.2, 0) is 0 Å². The summed E-state index contributed by atoms with van der Waals surface area (Å²) in [7, 11) is 0. The van der Waals surface area contributed by atoms with E-state index in [-0.39, 0.29) is 5.96 Å².